The molecule has 0 aromatic heterocycles. The second-order valence-electron chi connectivity index (χ2n) is 13.1. The monoisotopic (exact) mass is 472 g/mol. The number of aliphatic hydroxyl groups excluding tert-OH is 1. The molecule has 0 spiro atoms. The summed E-state index contributed by atoms with van der Waals surface area (Å²) < 4.78 is 38.5. The predicted molar refractivity (Wildman–Crippen MR) is 126 cm³/mol. The summed E-state index contributed by atoms with van der Waals surface area (Å²) >= 11 is 0. The second-order valence-corrected chi connectivity index (χ2v) is 13.1. The fourth-order valence-electron chi connectivity index (χ4n) is 9.64. The van der Waals surface area contributed by atoms with Gasteiger partial charge in [0.2, 0.25) is 0 Å². The van der Waals surface area contributed by atoms with Gasteiger partial charge in [-0.25, -0.2) is 0 Å². The summed E-state index contributed by atoms with van der Waals surface area (Å²) in [5, 5.41) is 20.5. The lowest BCUT2D eigenvalue weighted by Gasteiger charge is -2.58. The lowest BCUT2D eigenvalue weighted by molar-refractivity contribution is -0.206. The Morgan fingerprint density at radius 1 is 0.909 bits per heavy atom. The summed E-state index contributed by atoms with van der Waals surface area (Å²) in [5.74, 6) is 3.44. The number of halogens is 3. The summed E-state index contributed by atoms with van der Waals surface area (Å²) in [5.41, 5.74) is 0.0747. The largest absolute Gasteiger partial charge is 0.414 e. The first-order chi connectivity index (χ1) is 15.3. The average Bonchev–Trinajstić information content (AvgIpc) is 3.01. The van der Waals surface area contributed by atoms with Crippen LogP contribution in [0.5, 0.6) is 0 Å². The van der Waals surface area contributed by atoms with Gasteiger partial charge in [-0.1, -0.05) is 34.1 Å². The van der Waals surface area contributed by atoms with Gasteiger partial charge in [0.15, 0.2) is 0 Å². The highest BCUT2D eigenvalue weighted by Gasteiger charge is 2.60. The van der Waals surface area contributed by atoms with E-state index >= 15 is 0 Å². The summed E-state index contributed by atoms with van der Waals surface area (Å²) in [6.45, 7) is 9.24. The number of hydrogen-bond donors (Lipinski definition) is 2. The molecule has 4 rings (SSSR count). The minimum Gasteiger partial charge on any atom is -0.390 e. The van der Waals surface area contributed by atoms with E-state index in [1.54, 1.807) is 0 Å². The van der Waals surface area contributed by atoms with Gasteiger partial charge in [0, 0.05) is 0 Å². The molecule has 0 saturated heterocycles. The van der Waals surface area contributed by atoms with Crippen LogP contribution in [0.25, 0.3) is 0 Å². The first-order valence-electron chi connectivity index (χ1n) is 13.8. The Labute approximate surface area is 199 Å². The molecular weight excluding hydrogens is 425 g/mol. The molecule has 4 fully saturated rings. The van der Waals surface area contributed by atoms with Crippen LogP contribution < -0.4 is 0 Å². The minimum atomic E-state index is -4.50. The van der Waals surface area contributed by atoms with Crippen LogP contribution in [0.15, 0.2) is 0 Å². The van der Waals surface area contributed by atoms with Gasteiger partial charge in [0.25, 0.3) is 0 Å². The van der Waals surface area contributed by atoms with Crippen LogP contribution in [-0.2, 0) is 0 Å². The molecule has 0 aliphatic heterocycles. The van der Waals surface area contributed by atoms with Gasteiger partial charge in [-0.3, -0.25) is 0 Å². The zero-order chi connectivity index (χ0) is 24.2. The molecule has 0 radical (unpaired) electrons. The van der Waals surface area contributed by atoms with Crippen LogP contribution >= 0.6 is 0 Å². The van der Waals surface area contributed by atoms with Gasteiger partial charge in [-0.2, -0.15) is 13.2 Å². The smallest absolute Gasteiger partial charge is 0.390 e. The third kappa shape index (κ3) is 4.52. The number of fused-ring (bicyclic) bond motifs is 5. The lowest BCUT2D eigenvalue weighted by atomic mass is 9.47. The molecule has 33 heavy (non-hydrogen) atoms. The molecule has 0 heterocycles. The normalized spacial score (nSPS) is 47.7. The predicted octanol–water partition coefficient (Wildman–Crippen LogP) is 7.52. The van der Waals surface area contributed by atoms with E-state index in [0.717, 1.165) is 43.9 Å². The Morgan fingerprint density at radius 2 is 1.61 bits per heavy atom. The topological polar surface area (TPSA) is 40.5 Å². The Hall–Kier alpha value is -0.290. The maximum atomic E-state index is 12.8. The van der Waals surface area contributed by atoms with E-state index in [1.807, 2.05) is 0 Å². The van der Waals surface area contributed by atoms with Crippen molar-refractivity contribution >= 4 is 0 Å². The van der Waals surface area contributed by atoms with Crippen molar-refractivity contribution in [2.45, 2.75) is 129 Å². The Kier molecular flexibility index (Phi) is 7.02. The molecule has 4 aliphatic rings. The standard InChI is InChI=1S/C28H47F3O2/c1-5-27(33)16-15-25(3)19(17-27)9-10-20-22(25)7-6-14-26(4)21(11-12-23(20)26)18(2)8-13-24(32)28(29,30)31/h18-24,32-33H,5-17H2,1-4H3/t18-,19+,20-,21-,22+,23+,24-,25+,26-,27?/m1/s1. The van der Waals surface area contributed by atoms with Crippen LogP contribution in [0.4, 0.5) is 13.2 Å². The molecular formula is C28H47F3O2. The van der Waals surface area contributed by atoms with Crippen molar-refractivity contribution in [3.8, 4) is 0 Å². The van der Waals surface area contributed by atoms with Crippen LogP contribution in [0, 0.1) is 46.3 Å². The molecule has 2 nitrogen and oxygen atoms in total. The number of aliphatic hydroxyl groups is 2. The maximum Gasteiger partial charge on any atom is 0.414 e. The lowest BCUT2D eigenvalue weighted by Crippen LogP contribution is -2.53. The molecule has 0 aromatic carbocycles. The third-order valence-electron chi connectivity index (χ3n) is 11.7. The highest BCUT2D eigenvalue weighted by molar-refractivity contribution is 5.09. The molecule has 10 atom stereocenters. The Morgan fingerprint density at radius 3 is 2.27 bits per heavy atom. The van der Waals surface area contributed by atoms with Gasteiger partial charge in [-0.15, -0.1) is 0 Å². The number of alkyl halides is 3. The Bertz CT molecular complexity index is 695. The summed E-state index contributed by atoms with van der Waals surface area (Å²) in [6.07, 6.45) is 6.02. The molecule has 5 heteroatoms. The number of hydrogen-bond acceptors (Lipinski definition) is 2. The third-order valence-corrected chi connectivity index (χ3v) is 11.7. The molecule has 0 bridgehead atoms. The minimum absolute atomic E-state index is 0.173. The van der Waals surface area contributed by atoms with Gasteiger partial charge in [0.05, 0.1) is 5.60 Å². The SMILES string of the molecule is CCC1(O)CC[C@@]2(C)[C@@H](CC[C@@H]3[C@@H]2CCC[C@]2(C)[C@@H]([C@H](C)CC[C@@H](O)C(F)(F)F)CC[C@@H]32)C1. The van der Waals surface area contributed by atoms with Gasteiger partial charge in [-0.05, 0) is 123 Å². The highest BCUT2D eigenvalue weighted by atomic mass is 19.4. The van der Waals surface area contributed by atoms with E-state index in [2.05, 4.69) is 27.7 Å². The van der Waals surface area contributed by atoms with Crippen LogP contribution in [0.1, 0.15) is 111 Å². The van der Waals surface area contributed by atoms with E-state index in [9.17, 15) is 23.4 Å². The van der Waals surface area contributed by atoms with Crippen molar-refractivity contribution in [2.24, 2.45) is 46.3 Å². The molecule has 4 aliphatic carbocycles. The number of rotatable bonds is 5. The van der Waals surface area contributed by atoms with Crippen LogP contribution in [-0.4, -0.2) is 28.1 Å². The van der Waals surface area contributed by atoms with Gasteiger partial charge < -0.3 is 10.2 Å². The van der Waals surface area contributed by atoms with Crippen molar-refractivity contribution in [2.75, 3.05) is 0 Å². The quantitative estimate of drug-likeness (QED) is 0.434. The van der Waals surface area contributed by atoms with E-state index in [1.165, 1.54) is 38.5 Å². The molecule has 192 valence electrons. The molecule has 0 aromatic rings. The van der Waals surface area contributed by atoms with E-state index in [4.69, 9.17) is 0 Å². The van der Waals surface area contributed by atoms with Crippen LogP contribution in [0.2, 0.25) is 0 Å². The van der Waals surface area contributed by atoms with Gasteiger partial charge >= 0.3 is 6.18 Å². The molecule has 4 saturated carbocycles. The van der Waals surface area contributed by atoms with Gasteiger partial charge in [0.1, 0.15) is 6.10 Å². The molecule has 1 unspecified atom stereocenters. The fraction of sp³-hybridized carbons (Fsp3) is 1.00. The van der Waals surface area contributed by atoms with E-state index in [-0.39, 0.29) is 17.8 Å². The van der Waals surface area contributed by atoms with Crippen LogP contribution in [0.3, 0.4) is 0 Å². The van der Waals surface area contributed by atoms with Crippen molar-refractivity contribution in [1.82, 2.24) is 0 Å². The average molecular weight is 473 g/mol. The summed E-state index contributed by atoms with van der Waals surface area (Å²) in [6, 6.07) is 0. The van der Waals surface area contributed by atoms with E-state index in [0.29, 0.717) is 29.6 Å². The summed E-state index contributed by atoms with van der Waals surface area (Å²) in [4.78, 5) is 0. The first kappa shape index (κ1) is 25.8. The summed E-state index contributed by atoms with van der Waals surface area (Å²) in [7, 11) is 0. The molecule has 0 amide bonds. The zero-order valence-electron chi connectivity index (χ0n) is 21.3. The maximum absolute atomic E-state index is 12.8. The van der Waals surface area contributed by atoms with Crippen molar-refractivity contribution in [3.63, 3.8) is 0 Å². The van der Waals surface area contributed by atoms with Crippen molar-refractivity contribution in [1.29, 1.82) is 0 Å². The first-order valence-corrected chi connectivity index (χ1v) is 13.8. The molecule has 2 N–H and O–H groups in total. The highest BCUT2D eigenvalue weighted by Crippen LogP contribution is 2.67. The fourth-order valence-corrected chi connectivity index (χ4v) is 9.64. The van der Waals surface area contributed by atoms with Crippen molar-refractivity contribution in [3.05, 3.63) is 0 Å². The Balaban J connectivity index is 1.49. The second kappa shape index (κ2) is 8.98. The van der Waals surface area contributed by atoms with E-state index < -0.39 is 17.9 Å². The zero-order valence-corrected chi connectivity index (χ0v) is 21.3. The van der Waals surface area contributed by atoms with Crippen molar-refractivity contribution < 1.29 is 23.4 Å².